The number of hydrogen-bond donors (Lipinski definition) is 1. The molecule has 0 aliphatic carbocycles. The number of carbonyl (C=O) groups excluding carboxylic acids is 1. The SMILES string of the molecule is CC[C@H](NC(=O)[C@H](C)Sc1ccc(OC)cc1)c1ccc(C)cc1. The Hall–Kier alpha value is -1.94. The van der Waals surface area contributed by atoms with Crippen LogP contribution in [0.25, 0.3) is 0 Å². The van der Waals surface area contributed by atoms with Crippen LogP contribution in [0, 0.1) is 6.92 Å². The van der Waals surface area contributed by atoms with Gasteiger partial charge in [-0.2, -0.15) is 0 Å². The Morgan fingerprint density at radius 3 is 2.29 bits per heavy atom. The molecule has 3 nitrogen and oxygen atoms in total. The molecule has 0 aliphatic heterocycles. The van der Waals surface area contributed by atoms with Crippen molar-refractivity contribution in [1.82, 2.24) is 5.32 Å². The minimum absolute atomic E-state index is 0.0528. The lowest BCUT2D eigenvalue weighted by Gasteiger charge is -2.20. The molecule has 128 valence electrons. The van der Waals surface area contributed by atoms with Crippen molar-refractivity contribution in [1.29, 1.82) is 0 Å². The van der Waals surface area contributed by atoms with Gasteiger partial charge in [0.05, 0.1) is 18.4 Å². The Bertz CT molecular complexity index is 652. The van der Waals surface area contributed by atoms with Gasteiger partial charge in [0, 0.05) is 4.90 Å². The highest BCUT2D eigenvalue weighted by Crippen LogP contribution is 2.26. The number of ether oxygens (including phenoxy) is 1. The average molecular weight is 343 g/mol. The van der Waals surface area contributed by atoms with E-state index in [0.717, 1.165) is 22.6 Å². The van der Waals surface area contributed by atoms with Crippen LogP contribution < -0.4 is 10.1 Å². The first kappa shape index (κ1) is 18.4. The van der Waals surface area contributed by atoms with Crippen LogP contribution in [0.1, 0.15) is 37.4 Å². The summed E-state index contributed by atoms with van der Waals surface area (Å²) in [6, 6.07) is 16.2. The van der Waals surface area contributed by atoms with Crippen LogP contribution in [0.5, 0.6) is 5.75 Å². The Balaban J connectivity index is 1.97. The molecule has 4 heteroatoms. The summed E-state index contributed by atoms with van der Waals surface area (Å²) in [5.41, 5.74) is 2.38. The molecule has 0 unspecified atom stereocenters. The van der Waals surface area contributed by atoms with E-state index in [1.807, 2.05) is 31.2 Å². The van der Waals surface area contributed by atoms with Gasteiger partial charge in [-0.1, -0.05) is 36.8 Å². The fourth-order valence-electron chi connectivity index (χ4n) is 2.42. The smallest absolute Gasteiger partial charge is 0.233 e. The topological polar surface area (TPSA) is 38.3 Å². The lowest BCUT2D eigenvalue weighted by atomic mass is 10.0. The van der Waals surface area contributed by atoms with Gasteiger partial charge >= 0.3 is 0 Å². The monoisotopic (exact) mass is 343 g/mol. The van der Waals surface area contributed by atoms with Gasteiger partial charge in [-0.05, 0) is 50.1 Å². The Morgan fingerprint density at radius 1 is 1.12 bits per heavy atom. The van der Waals surface area contributed by atoms with Crippen LogP contribution in [0.4, 0.5) is 0 Å². The number of rotatable bonds is 7. The minimum Gasteiger partial charge on any atom is -0.497 e. The molecule has 2 rings (SSSR count). The lowest BCUT2D eigenvalue weighted by molar-refractivity contribution is -0.121. The fourth-order valence-corrected chi connectivity index (χ4v) is 3.30. The van der Waals surface area contributed by atoms with E-state index in [9.17, 15) is 4.79 Å². The van der Waals surface area contributed by atoms with Crippen molar-refractivity contribution in [2.75, 3.05) is 7.11 Å². The second-order valence-electron chi connectivity index (χ2n) is 5.82. The summed E-state index contributed by atoms with van der Waals surface area (Å²) in [4.78, 5) is 13.6. The quantitative estimate of drug-likeness (QED) is 0.737. The van der Waals surface area contributed by atoms with Gasteiger partial charge in [0.1, 0.15) is 5.75 Å². The highest BCUT2D eigenvalue weighted by molar-refractivity contribution is 8.00. The van der Waals surface area contributed by atoms with Crippen LogP contribution in [0.15, 0.2) is 53.4 Å². The molecule has 2 aromatic rings. The maximum atomic E-state index is 12.5. The molecule has 0 saturated carbocycles. The lowest BCUT2D eigenvalue weighted by Crippen LogP contribution is -2.34. The van der Waals surface area contributed by atoms with Crippen LogP contribution in [-0.2, 0) is 4.79 Å². The van der Waals surface area contributed by atoms with E-state index in [2.05, 4.69) is 43.4 Å². The predicted molar refractivity (Wildman–Crippen MR) is 101 cm³/mol. The number of aryl methyl sites for hydroxylation is 1. The number of nitrogens with one attached hydrogen (secondary N) is 1. The standard InChI is InChI=1S/C20H25NO2S/c1-5-19(16-8-6-14(2)7-9-16)21-20(22)15(3)24-18-12-10-17(23-4)11-13-18/h6-13,15,19H,5H2,1-4H3,(H,21,22)/t15-,19-/m0/s1. The van der Waals surface area contributed by atoms with E-state index >= 15 is 0 Å². The third-order valence-electron chi connectivity index (χ3n) is 3.95. The normalized spacial score (nSPS) is 13.2. The van der Waals surface area contributed by atoms with Crippen LogP contribution in [0.2, 0.25) is 0 Å². The van der Waals surface area contributed by atoms with Gasteiger partial charge in [0.15, 0.2) is 0 Å². The summed E-state index contributed by atoms with van der Waals surface area (Å²) in [6.45, 7) is 6.09. The molecule has 0 aromatic heterocycles. The maximum Gasteiger partial charge on any atom is 0.233 e. The third-order valence-corrected chi connectivity index (χ3v) is 5.06. The van der Waals surface area contributed by atoms with Crippen LogP contribution >= 0.6 is 11.8 Å². The maximum absolute atomic E-state index is 12.5. The Labute approximate surface area is 148 Å². The Morgan fingerprint density at radius 2 is 1.75 bits per heavy atom. The number of thioether (sulfide) groups is 1. The van der Waals surface area contributed by atoms with Gasteiger partial charge in [0.2, 0.25) is 5.91 Å². The number of carbonyl (C=O) groups is 1. The average Bonchev–Trinajstić information content (AvgIpc) is 2.61. The molecular weight excluding hydrogens is 318 g/mol. The zero-order valence-corrected chi connectivity index (χ0v) is 15.5. The van der Waals surface area contributed by atoms with Crippen molar-refractivity contribution in [2.45, 2.75) is 43.4 Å². The van der Waals surface area contributed by atoms with Crippen molar-refractivity contribution < 1.29 is 9.53 Å². The largest absolute Gasteiger partial charge is 0.497 e. The summed E-state index contributed by atoms with van der Waals surface area (Å²) in [5.74, 6) is 0.880. The highest BCUT2D eigenvalue weighted by atomic mass is 32.2. The van der Waals surface area contributed by atoms with Crippen molar-refractivity contribution in [3.05, 3.63) is 59.7 Å². The number of methoxy groups -OCH3 is 1. The van der Waals surface area contributed by atoms with E-state index in [4.69, 9.17) is 4.74 Å². The van der Waals surface area contributed by atoms with Crippen LogP contribution in [-0.4, -0.2) is 18.3 Å². The molecule has 0 bridgehead atoms. The van der Waals surface area contributed by atoms with Gasteiger partial charge < -0.3 is 10.1 Å². The summed E-state index contributed by atoms with van der Waals surface area (Å²) in [6.07, 6.45) is 0.870. The number of benzene rings is 2. The summed E-state index contributed by atoms with van der Waals surface area (Å²) < 4.78 is 5.16. The fraction of sp³-hybridized carbons (Fsp3) is 0.350. The van der Waals surface area contributed by atoms with Crippen LogP contribution in [0.3, 0.4) is 0 Å². The molecule has 0 saturated heterocycles. The van der Waals surface area contributed by atoms with Gasteiger partial charge in [-0.3, -0.25) is 4.79 Å². The molecule has 0 aliphatic rings. The van der Waals surface area contributed by atoms with Crippen molar-refractivity contribution in [2.24, 2.45) is 0 Å². The molecule has 2 atom stereocenters. The Kier molecular flexibility index (Phi) is 6.73. The molecular formula is C20H25NO2S. The molecule has 24 heavy (non-hydrogen) atoms. The van der Waals surface area contributed by atoms with Gasteiger partial charge in [-0.15, -0.1) is 11.8 Å². The first-order valence-corrected chi connectivity index (χ1v) is 9.09. The molecule has 0 fully saturated rings. The van der Waals surface area contributed by atoms with Crippen molar-refractivity contribution in [3.8, 4) is 5.75 Å². The number of hydrogen-bond acceptors (Lipinski definition) is 3. The zero-order valence-electron chi connectivity index (χ0n) is 14.7. The first-order chi connectivity index (χ1) is 11.5. The second-order valence-corrected chi connectivity index (χ2v) is 7.23. The third kappa shape index (κ3) is 5.03. The molecule has 1 amide bonds. The minimum atomic E-state index is -0.155. The van der Waals surface area contributed by atoms with Gasteiger partial charge in [0.25, 0.3) is 0 Å². The van der Waals surface area contributed by atoms with E-state index in [1.165, 1.54) is 5.56 Å². The zero-order chi connectivity index (χ0) is 17.5. The van der Waals surface area contributed by atoms with E-state index in [0.29, 0.717) is 0 Å². The first-order valence-electron chi connectivity index (χ1n) is 8.21. The molecule has 0 radical (unpaired) electrons. The van der Waals surface area contributed by atoms with E-state index in [1.54, 1.807) is 18.9 Å². The molecule has 2 aromatic carbocycles. The number of amides is 1. The molecule has 0 heterocycles. The summed E-state index contributed by atoms with van der Waals surface area (Å²) in [5, 5.41) is 3.01. The van der Waals surface area contributed by atoms with E-state index in [-0.39, 0.29) is 17.2 Å². The summed E-state index contributed by atoms with van der Waals surface area (Å²) in [7, 11) is 1.65. The van der Waals surface area contributed by atoms with E-state index < -0.39 is 0 Å². The summed E-state index contributed by atoms with van der Waals surface area (Å²) >= 11 is 1.55. The van der Waals surface area contributed by atoms with Crippen molar-refractivity contribution >= 4 is 17.7 Å². The highest BCUT2D eigenvalue weighted by Gasteiger charge is 2.18. The van der Waals surface area contributed by atoms with Crippen molar-refractivity contribution in [3.63, 3.8) is 0 Å². The molecule has 0 spiro atoms. The predicted octanol–water partition coefficient (Wildman–Crippen LogP) is 4.75. The van der Waals surface area contributed by atoms with Gasteiger partial charge in [-0.25, -0.2) is 0 Å². The second kappa shape index (κ2) is 8.78. The molecule has 1 N–H and O–H groups in total.